The summed E-state index contributed by atoms with van der Waals surface area (Å²) in [6.07, 6.45) is 1.55. The number of carbonyl (C=O) groups is 3. The number of nitrogens with zero attached hydrogens (tertiary/aromatic N) is 1. The smallest absolute Gasteiger partial charge is 0.273 e. The molecule has 1 aliphatic heterocycles. The summed E-state index contributed by atoms with van der Waals surface area (Å²) in [4.78, 5) is 38.4. The molecule has 0 unspecified atom stereocenters. The highest BCUT2D eigenvalue weighted by atomic mass is 16.2. The molecule has 0 aromatic heterocycles. The second kappa shape index (κ2) is 6.88. The average Bonchev–Trinajstić information content (AvgIpc) is 2.69. The summed E-state index contributed by atoms with van der Waals surface area (Å²) < 4.78 is 0. The molecule has 1 N–H and O–H groups in total. The topological polar surface area (TPSA) is 66.5 Å². The minimum Gasteiger partial charge on any atom is -0.273 e. The van der Waals surface area contributed by atoms with E-state index in [-0.39, 0.29) is 12.1 Å². The van der Waals surface area contributed by atoms with Crippen LogP contribution in [0.4, 0.5) is 4.79 Å². The molecule has 0 radical (unpaired) electrons. The zero-order chi connectivity index (χ0) is 18.8. The van der Waals surface area contributed by atoms with Gasteiger partial charge in [0.15, 0.2) is 0 Å². The molecular weight excluding hydrogens is 340 g/mol. The first-order valence-electron chi connectivity index (χ1n) is 8.54. The fourth-order valence-corrected chi connectivity index (χ4v) is 3.14. The molecule has 0 aliphatic carbocycles. The molecule has 1 fully saturated rings. The van der Waals surface area contributed by atoms with Crippen molar-refractivity contribution in [2.24, 2.45) is 0 Å². The number of rotatable bonds is 3. The Labute approximate surface area is 155 Å². The van der Waals surface area contributed by atoms with Crippen LogP contribution in [0, 0.1) is 0 Å². The van der Waals surface area contributed by atoms with Crippen LogP contribution in [0.5, 0.6) is 0 Å². The summed E-state index contributed by atoms with van der Waals surface area (Å²) in [6, 6.07) is 21.9. The molecule has 4 rings (SSSR count). The zero-order valence-electron chi connectivity index (χ0n) is 14.4. The molecule has 1 saturated heterocycles. The molecule has 0 spiro atoms. The molecule has 4 amide bonds. The number of fused-ring (bicyclic) bond motifs is 1. The number of amides is 4. The van der Waals surface area contributed by atoms with Gasteiger partial charge in [-0.25, -0.2) is 4.79 Å². The monoisotopic (exact) mass is 356 g/mol. The van der Waals surface area contributed by atoms with Gasteiger partial charge in [0.1, 0.15) is 5.57 Å². The van der Waals surface area contributed by atoms with Crippen LogP contribution >= 0.6 is 0 Å². The third-order valence-electron chi connectivity index (χ3n) is 4.49. The maximum absolute atomic E-state index is 12.9. The van der Waals surface area contributed by atoms with Crippen molar-refractivity contribution in [3.63, 3.8) is 0 Å². The van der Waals surface area contributed by atoms with Crippen molar-refractivity contribution in [3.8, 4) is 0 Å². The highest BCUT2D eigenvalue weighted by Gasteiger charge is 2.35. The van der Waals surface area contributed by atoms with Gasteiger partial charge in [0.25, 0.3) is 11.8 Å². The molecule has 5 nitrogen and oxygen atoms in total. The lowest BCUT2D eigenvalue weighted by Crippen LogP contribution is -2.53. The predicted octanol–water partition coefficient (Wildman–Crippen LogP) is 3.50. The number of imide groups is 2. The summed E-state index contributed by atoms with van der Waals surface area (Å²) in [5.74, 6) is -1.28. The van der Waals surface area contributed by atoms with E-state index in [1.165, 1.54) is 0 Å². The van der Waals surface area contributed by atoms with E-state index in [0.717, 1.165) is 26.8 Å². The van der Waals surface area contributed by atoms with Crippen molar-refractivity contribution in [2.75, 3.05) is 0 Å². The second-order valence-electron chi connectivity index (χ2n) is 6.26. The maximum Gasteiger partial charge on any atom is 0.331 e. The Morgan fingerprint density at radius 1 is 0.815 bits per heavy atom. The van der Waals surface area contributed by atoms with Gasteiger partial charge in [0.2, 0.25) is 0 Å². The molecule has 0 saturated carbocycles. The Hall–Kier alpha value is -3.73. The number of benzene rings is 3. The van der Waals surface area contributed by atoms with E-state index in [0.29, 0.717) is 0 Å². The summed E-state index contributed by atoms with van der Waals surface area (Å²) in [7, 11) is 0. The molecule has 27 heavy (non-hydrogen) atoms. The Bertz CT molecular complexity index is 1080. The zero-order valence-corrected chi connectivity index (χ0v) is 14.4. The van der Waals surface area contributed by atoms with Gasteiger partial charge in [0, 0.05) is 0 Å². The fourth-order valence-electron chi connectivity index (χ4n) is 3.14. The van der Waals surface area contributed by atoms with Crippen molar-refractivity contribution in [3.05, 3.63) is 89.5 Å². The number of barbiturate groups is 1. The number of carbonyl (C=O) groups excluding carboxylic acids is 3. The van der Waals surface area contributed by atoms with Gasteiger partial charge in [-0.3, -0.25) is 19.8 Å². The maximum atomic E-state index is 12.9. The van der Waals surface area contributed by atoms with E-state index in [4.69, 9.17) is 0 Å². The van der Waals surface area contributed by atoms with E-state index in [1.54, 1.807) is 6.08 Å². The van der Waals surface area contributed by atoms with E-state index >= 15 is 0 Å². The van der Waals surface area contributed by atoms with Crippen LogP contribution in [0.15, 0.2) is 78.4 Å². The quantitative estimate of drug-likeness (QED) is 0.577. The van der Waals surface area contributed by atoms with E-state index in [2.05, 4.69) is 5.32 Å². The van der Waals surface area contributed by atoms with Gasteiger partial charge >= 0.3 is 6.03 Å². The average molecular weight is 356 g/mol. The lowest BCUT2D eigenvalue weighted by atomic mass is 10.0. The normalized spacial score (nSPS) is 16.1. The van der Waals surface area contributed by atoms with Crippen molar-refractivity contribution < 1.29 is 14.4 Å². The van der Waals surface area contributed by atoms with Gasteiger partial charge in [-0.1, -0.05) is 72.8 Å². The van der Waals surface area contributed by atoms with Gasteiger partial charge in [0.05, 0.1) is 6.54 Å². The third kappa shape index (κ3) is 3.22. The molecule has 0 atom stereocenters. The van der Waals surface area contributed by atoms with Crippen molar-refractivity contribution in [1.29, 1.82) is 0 Å². The van der Waals surface area contributed by atoms with Crippen molar-refractivity contribution >= 4 is 34.7 Å². The number of hydrogen-bond donors (Lipinski definition) is 1. The third-order valence-corrected chi connectivity index (χ3v) is 4.49. The summed E-state index contributed by atoms with van der Waals surface area (Å²) >= 11 is 0. The minimum absolute atomic E-state index is 0.0538. The lowest BCUT2D eigenvalue weighted by molar-refractivity contribution is -0.130. The first-order valence-corrected chi connectivity index (χ1v) is 8.54. The minimum atomic E-state index is -0.705. The molecule has 1 aliphatic rings. The summed E-state index contributed by atoms with van der Waals surface area (Å²) in [6.45, 7) is 0.103. The molecule has 132 valence electrons. The number of hydrogen-bond acceptors (Lipinski definition) is 3. The molecule has 3 aromatic carbocycles. The van der Waals surface area contributed by atoms with Gasteiger partial charge in [-0.05, 0) is 28.0 Å². The highest BCUT2D eigenvalue weighted by molar-refractivity contribution is 6.31. The summed E-state index contributed by atoms with van der Waals surface area (Å²) in [5, 5.41) is 4.19. The first kappa shape index (κ1) is 16.7. The van der Waals surface area contributed by atoms with E-state index in [9.17, 15) is 14.4 Å². The molecule has 1 heterocycles. The number of nitrogens with one attached hydrogen (secondary N) is 1. The van der Waals surface area contributed by atoms with Gasteiger partial charge < -0.3 is 0 Å². The Morgan fingerprint density at radius 2 is 1.52 bits per heavy atom. The van der Waals surface area contributed by atoms with Crippen molar-refractivity contribution in [1.82, 2.24) is 10.2 Å². The number of urea groups is 1. The van der Waals surface area contributed by atoms with Crippen LogP contribution in [0.1, 0.15) is 11.1 Å². The molecular formula is C22H16N2O3. The van der Waals surface area contributed by atoms with Gasteiger partial charge in [-0.15, -0.1) is 0 Å². The van der Waals surface area contributed by atoms with Crippen LogP contribution < -0.4 is 5.32 Å². The van der Waals surface area contributed by atoms with E-state index < -0.39 is 17.8 Å². The Balaban J connectivity index is 1.73. The first-order chi connectivity index (χ1) is 13.1. The second-order valence-corrected chi connectivity index (χ2v) is 6.26. The van der Waals surface area contributed by atoms with Crippen LogP contribution in [0.25, 0.3) is 16.8 Å². The lowest BCUT2D eigenvalue weighted by Gasteiger charge is -2.26. The standard InChI is InChI=1S/C22H16N2O3/c25-20-19(13-17-11-6-10-16-9-4-5-12-18(16)17)21(26)24(22(27)23-20)14-15-7-2-1-3-8-15/h1-13H,14H2,(H,23,25,27)/b19-13-. The summed E-state index contributed by atoms with van der Waals surface area (Å²) in [5.41, 5.74) is 1.50. The predicted molar refractivity (Wildman–Crippen MR) is 102 cm³/mol. The molecule has 0 bridgehead atoms. The van der Waals surface area contributed by atoms with Crippen LogP contribution in [-0.2, 0) is 16.1 Å². The molecule has 3 aromatic rings. The molecule has 5 heteroatoms. The highest BCUT2D eigenvalue weighted by Crippen LogP contribution is 2.23. The van der Waals surface area contributed by atoms with Gasteiger partial charge in [-0.2, -0.15) is 0 Å². The van der Waals surface area contributed by atoms with Crippen LogP contribution in [0.2, 0.25) is 0 Å². The van der Waals surface area contributed by atoms with Crippen LogP contribution in [-0.4, -0.2) is 22.7 Å². The Kier molecular flexibility index (Phi) is 4.26. The van der Waals surface area contributed by atoms with Crippen molar-refractivity contribution in [2.45, 2.75) is 6.54 Å². The SMILES string of the molecule is O=C1NC(=O)N(Cc2ccccc2)C(=O)/C1=C\c1cccc2ccccc12. The van der Waals surface area contributed by atoms with E-state index in [1.807, 2.05) is 72.8 Å². The largest absolute Gasteiger partial charge is 0.331 e. The van der Waals surface area contributed by atoms with Crippen LogP contribution in [0.3, 0.4) is 0 Å². The fraction of sp³-hybridized carbons (Fsp3) is 0.0455. The Morgan fingerprint density at radius 3 is 2.33 bits per heavy atom.